The number of benzene rings is 2. The van der Waals surface area contributed by atoms with Crippen molar-refractivity contribution in [1.29, 1.82) is 0 Å². The minimum Gasteiger partial charge on any atom is -0.493 e. The van der Waals surface area contributed by atoms with Gasteiger partial charge in [0.15, 0.2) is 17.3 Å². The van der Waals surface area contributed by atoms with Crippen molar-refractivity contribution in [3.8, 4) is 17.2 Å². The lowest BCUT2D eigenvalue weighted by Gasteiger charge is -2.21. The van der Waals surface area contributed by atoms with Crippen molar-refractivity contribution < 1.29 is 28.9 Å². The number of nitrogens with zero attached hydrogens (tertiary/aromatic N) is 1. The predicted molar refractivity (Wildman–Crippen MR) is 108 cm³/mol. The van der Waals surface area contributed by atoms with Gasteiger partial charge in [-0.2, -0.15) is 0 Å². The van der Waals surface area contributed by atoms with Crippen molar-refractivity contribution in [2.75, 3.05) is 25.2 Å². The van der Waals surface area contributed by atoms with E-state index in [0.29, 0.717) is 35.0 Å². The quantitative estimate of drug-likeness (QED) is 0.690. The smallest absolute Gasteiger partial charge is 0.294 e. The van der Waals surface area contributed by atoms with E-state index in [4.69, 9.17) is 14.2 Å². The Kier molecular flexibility index (Phi) is 5.89. The molecule has 0 fully saturated rings. The largest absolute Gasteiger partial charge is 0.493 e. The molecule has 1 N–H and O–H groups in total. The fourth-order valence-electron chi connectivity index (χ4n) is 2.72. The maximum Gasteiger partial charge on any atom is 0.294 e. The summed E-state index contributed by atoms with van der Waals surface area (Å²) >= 11 is 0. The first-order valence-corrected chi connectivity index (χ1v) is 9.09. The van der Waals surface area contributed by atoms with Crippen LogP contribution in [0.5, 0.6) is 17.2 Å². The van der Waals surface area contributed by atoms with E-state index in [1.165, 1.54) is 7.11 Å². The molecule has 152 valence electrons. The third kappa shape index (κ3) is 4.94. The molecule has 2 aromatic carbocycles. The molecule has 1 aliphatic heterocycles. The predicted octanol–water partition coefficient (Wildman–Crippen LogP) is 2.97. The standard InChI is InChI=1S/C22H23NO6/c1-22(2,26)14-28-18-9-6-16(12-20(18)27-3)23-11-10-19(21(23)25)29-17-7-4-15(13-24)5-8-17/h4-10,12-13,26H,11,14H2,1-3H3. The fourth-order valence-corrected chi connectivity index (χ4v) is 2.72. The van der Waals surface area contributed by atoms with Crippen molar-refractivity contribution in [2.24, 2.45) is 0 Å². The van der Waals surface area contributed by atoms with Crippen molar-refractivity contribution in [3.05, 3.63) is 59.9 Å². The lowest BCUT2D eigenvalue weighted by molar-refractivity contribution is -0.116. The van der Waals surface area contributed by atoms with Crippen LogP contribution in [0.4, 0.5) is 5.69 Å². The second-order valence-corrected chi connectivity index (χ2v) is 7.21. The van der Waals surface area contributed by atoms with Gasteiger partial charge in [-0.05, 0) is 56.3 Å². The summed E-state index contributed by atoms with van der Waals surface area (Å²) in [7, 11) is 1.51. The summed E-state index contributed by atoms with van der Waals surface area (Å²) in [6.45, 7) is 3.76. The van der Waals surface area contributed by atoms with Crippen LogP contribution in [0.25, 0.3) is 0 Å². The summed E-state index contributed by atoms with van der Waals surface area (Å²) in [5, 5.41) is 9.83. The summed E-state index contributed by atoms with van der Waals surface area (Å²) in [6, 6.07) is 11.7. The average Bonchev–Trinajstić information content (AvgIpc) is 3.06. The van der Waals surface area contributed by atoms with Crippen molar-refractivity contribution in [3.63, 3.8) is 0 Å². The Balaban J connectivity index is 1.71. The molecule has 0 unspecified atom stereocenters. The van der Waals surface area contributed by atoms with Crippen LogP contribution in [0, 0.1) is 0 Å². The number of amides is 1. The molecule has 0 saturated carbocycles. The van der Waals surface area contributed by atoms with E-state index in [-0.39, 0.29) is 18.3 Å². The van der Waals surface area contributed by atoms with E-state index < -0.39 is 5.60 Å². The van der Waals surface area contributed by atoms with E-state index in [1.54, 1.807) is 67.3 Å². The Labute approximate surface area is 169 Å². The number of carbonyl (C=O) groups excluding carboxylic acids is 2. The molecule has 3 rings (SSSR count). The van der Waals surface area contributed by atoms with Gasteiger partial charge in [0, 0.05) is 23.9 Å². The van der Waals surface area contributed by atoms with E-state index in [0.717, 1.165) is 6.29 Å². The minimum atomic E-state index is -0.977. The van der Waals surface area contributed by atoms with Crippen LogP contribution in [0.1, 0.15) is 24.2 Å². The zero-order chi connectivity index (χ0) is 21.0. The molecule has 1 aliphatic rings. The van der Waals surface area contributed by atoms with Gasteiger partial charge in [0.2, 0.25) is 0 Å². The molecular weight excluding hydrogens is 374 g/mol. The molecule has 1 amide bonds. The Bertz CT molecular complexity index is 927. The monoisotopic (exact) mass is 397 g/mol. The maximum absolute atomic E-state index is 12.7. The zero-order valence-corrected chi connectivity index (χ0v) is 16.5. The Morgan fingerprint density at radius 2 is 1.86 bits per heavy atom. The molecule has 0 radical (unpaired) electrons. The molecule has 2 aromatic rings. The molecule has 0 spiro atoms. The van der Waals surface area contributed by atoms with Gasteiger partial charge in [-0.1, -0.05) is 0 Å². The highest BCUT2D eigenvalue weighted by Gasteiger charge is 2.28. The van der Waals surface area contributed by atoms with Crippen LogP contribution in [0.15, 0.2) is 54.3 Å². The van der Waals surface area contributed by atoms with Crippen molar-refractivity contribution in [1.82, 2.24) is 0 Å². The maximum atomic E-state index is 12.7. The van der Waals surface area contributed by atoms with Crippen LogP contribution < -0.4 is 19.1 Å². The summed E-state index contributed by atoms with van der Waals surface area (Å²) in [4.78, 5) is 25.0. The van der Waals surface area contributed by atoms with Crippen LogP contribution in [-0.4, -0.2) is 43.2 Å². The van der Waals surface area contributed by atoms with Crippen LogP contribution >= 0.6 is 0 Å². The van der Waals surface area contributed by atoms with Gasteiger partial charge in [-0.3, -0.25) is 9.59 Å². The highest BCUT2D eigenvalue weighted by atomic mass is 16.5. The topological polar surface area (TPSA) is 85.3 Å². The molecular formula is C22H23NO6. The number of carbonyl (C=O) groups is 2. The van der Waals surface area contributed by atoms with Crippen molar-refractivity contribution >= 4 is 17.9 Å². The number of aliphatic hydroxyl groups is 1. The molecule has 0 aliphatic carbocycles. The molecule has 1 heterocycles. The molecule has 7 heteroatoms. The lowest BCUT2D eigenvalue weighted by atomic mass is 10.2. The summed E-state index contributed by atoms with van der Waals surface area (Å²) in [5.41, 5.74) is 0.188. The molecule has 7 nitrogen and oxygen atoms in total. The second-order valence-electron chi connectivity index (χ2n) is 7.21. The van der Waals surface area contributed by atoms with Gasteiger partial charge >= 0.3 is 0 Å². The minimum absolute atomic E-state index is 0.105. The number of rotatable bonds is 8. The number of anilines is 1. The van der Waals surface area contributed by atoms with E-state index in [9.17, 15) is 14.7 Å². The highest BCUT2D eigenvalue weighted by molar-refractivity contribution is 6.07. The zero-order valence-electron chi connectivity index (χ0n) is 16.5. The fraction of sp³-hybridized carbons (Fsp3) is 0.273. The normalized spacial score (nSPS) is 13.9. The number of hydrogen-bond acceptors (Lipinski definition) is 6. The third-order valence-electron chi connectivity index (χ3n) is 4.20. The first-order chi connectivity index (χ1) is 13.8. The van der Waals surface area contributed by atoms with E-state index in [1.807, 2.05) is 0 Å². The van der Waals surface area contributed by atoms with Gasteiger partial charge in [0.25, 0.3) is 5.91 Å². The number of methoxy groups -OCH3 is 1. The van der Waals surface area contributed by atoms with Crippen molar-refractivity contribution in [2.45, 2.75) is 19.4 Å². The Morgan fingerprint density at radius 1 is 1.14 bits per heavy atom. The highest BCUT2D eigenvalue weighted by Crippen LogP contribution is 2.34. The third-order valence-corrected chi connectivity index (χ3v) is 4.20. The molecule has 0 saturated heterocycles. The molecule has 0 aromatic heterocycles. The Hall–Kier alpha value is -3.32. The summed E-state index contributed by atoms with van der Waals surface area (Å²) in [5.74, 6) is 1.34. The number of hydrogen-bond donors (Lipinski definition) is 1. The molecule has 0 atom stereocenters. The van der Waals surface area contributed by atoms with Crippen LogP contribution in [-0.2, 0) is 4.79 Å². The first kappa shape index (κ1) is 20.4. The molecule has 29 heavy (non-hydrogen) atoms. The van der Waals surface area contributed by atoms with Gasteiger partial charge < -0.3 is 24.2 Å². The van der Waals surface area contributed by atoms with Crippen LogP contribution in [0.3, 0.4) is 0 Å². The van der Waals surface area contributed by atoms with E-state index in [2.05, 4.69) is 0 Å². The second kappa shape index (κ2) is 8.36. The number of ether oxygens (including phenoxy) is 3. The molecule has 0 bridgehead atoms. The van der Waals surface area contributed by atoms with E-state index >= 15 is 0 Å². The number of aldehydes is 1. The van der Waals surface area contributed by atoms with Gasteiger partial charge in [0.1, 0.15) is 18.6 Å². The summed E-state index contributed by atoms with van der Waals surface area (Å²) in [6.07, 6.45) is 2.44. The Morgan fingerprint density at radius 3 is 2.48 bits per heavy atom. The van der Waals surface area contributed by atoms with Gasteiger partial charge in [-0.25, -0.2) is 0 Å². The first-order valence-electron chi connectivity index (χ1n) is 9.09. The van der Waals surface area contributed by atoms with Gasteiger partial charge in [0.05, 0.1) is 12.7 Å². The summed E-state index contributed by atoms with van der Waals surface area (Å²) < 4.78 is 16.6. The van der Waals surface area contributed by atoms with Gasteiger partial charge in [-0.15, -0.1) is 0 Å². The lowest BCUT2D eigenvalue weighted by Crippen LogP contribution is -2.28. The SMILES string of the molecule is COc1cc(N2CC=C(Oc3ccc(C=O)cc3)C2=O)ccc1OCC(C)(C)O. The van der Waals surface area contributed by atoms with Crippen LogP contribution in [0.2, 0.25) is 0 Å². The average molecular weight is 397 g/mol.